The molecule has 0 saturated heterocycles. The maximum atomic E-state index is 12.1. The molecule has 102 valence electrons. The monoisotopic (exact) mass is 267 g/mol. The first kappa shape index (κ1) is 12.7. The van der Waals surface area contributed by atoms with Crippen molar-refractivity contribution in [2.75, 3.05) is 6.61 Å². The number of rotatable bonds is 2. The van der Waals surface area contributed by atoms with Crippen LogP contribution in [0, 0.1) is 13.8 Å². The van der Waals surface area contributed by atoms with E-state index in [0.717, 1.165) is 16.6 Å². The normalized spacial score (nSPS) is 11.2. The number of aryl methyl sites for hydroxylation is 2. The summed E-state index contributed by atoms with van der Waals surface area (Å²) in [6, 6.07) is 10.4. The summed E-state index contributed by atoms with van der Waals surface area (Å²) in [6.07, 6.45) is 2.00. The van der Waals surface area contributed by atoms with Crippen LogP contribution in [0.2, 0.25) is 0 Å². The number of pyridine rings is 1. The molecule has 0 spiro atoms. The zero-order chi connectivity index (χ0) is 14.3. The van der Waals surface area contributed by atoms with Crippen molar-refractivity contribution < 1.29 is 9.53 Å². The zero-order valence-corrected chi connectivity index (χ0v) is 11.9. The number of esters is 1. The van der Waals surface area contributed by atoms with Gasteiger partial charge < -0.3 is 9.14 Å². The molecule has 0 radical (unpaired) electrons. The molecular weight excluding hydrogens is 250 g/mol. The molecule has 0 amide bonds. The third-order valence-corrected chi connectivity index (χ3v) is 3.58. The molecule has 3 rings (SSSR count). The molecule has 0 aliphatic rings. The number of aromatic nitrogens is 1. The lowest BCUT2D eigenvalue weighted by molar-refractivity contribution is 0.0528. The Morgan fingerprint density at radius 2 is 1.90 bits per heavy atom. The maximum absolute atomic E-state index is 12.1. The maximum Gasteiger partial charge on any atom is 0.340 e. The molecule has 0 aliphatic heterocycles. The average Bonchev–Trinajstić information content (AvgIpc) is 2.75. The largest absolute Gasteiger partial charge is 0.462 e. The third-order valence-electron chi connectivity index (χ3n) is 3.58. The molecule has 0 bridgehead atoms. The van der Waals surface area contributed by atoms with Crippen molar-refractivity contribution in [2.45, 2.75) is 20.8 Å². The summed E-state index contributed by atoms with van der Waals surface area (Å²) < 4.78 is 7.22. The van der Waals surface area contributed by atoms with E-state index in [-0.39, 0.29) is 5.97 Å². The third kappa shape index (κ3) is 1.86. The molecule has 2 heterocycles. The molecule has 0 fully saturated rings. The van der Waals surface area contributed by atoms with Crippen molar-refractivity contribution >= 4 is 22.4 Å². The fourth-order valence-electron chi connectivity index (χ4n) is 2.68. The van der Waals surface area contributed by atoms with Crippen molar-refractivity contribution in [3.05, 3.63) is 53.2 Å². The van der Waals surface area contributed by atoms with Gasteiger partial charge in [0.25, 0.3) is 0 Å². The Morgan fingerprint density at radius 3 is 2.65 bits per heavy atom. The van der Waals surface area contributed by atoms with Crippen molar-refractivity contribution in [1.82, 2.24) is 4.40 Å². The van der Waals surface area contributed by atoms with E-state index < -0.39 is 0 Å². The Hall–Kier alpha value is -2.29. The van der Waals surface area contributed by atoms with Gasteiger partial charge in [0.15, 0.2) is 0 Å². The molecule has 20 heavy (non-hydrogen) atoms. The fraction of sp³-hybridized carbons (Fsp3) is 0.235. The summed E-state index contributed by atoms with van der Waals surface area (Å²) in [4.78, 5) is 12.1. The van der Waals surface area contributed by atoms with Gasteiger partial charge in [0.2, 0.25) is 0 Å². The summed E-state index contributed by atoms with van der Waals surface area (Å²) >= 11 is 0. The Balaban J connectivity index is 2.32. The van der Waals surface area contributed by atoms with Crippen LogP contribution in [0.4, 0.5) is 0 Å². The van der Waals surface area contributed by atoms with Crippen molar-refractivity contribution in [3.8, 4) is 0 Å². The van der Waals surface area contributed by atoms with Crippen molar-refractivity contribution in [2.24, 2.45) is 0 Å². The number of ether oxygens (including phenoxy) is 1. The minimum atomic E-state index is -0.251. The first-order chi connectivity index (χ1) is 9.61. The molecule has 3 nitrogen and oxygen atoms in total. The number of hydrogen-bond donors (Lipinski definition) is 0. The molecule has 3 heteroatoms. The number of hydrogen-bond acceptors (Lipinski definition) is 2. The van der Waals surface area contributed by atoms with Gasteiger partial charge in [-0.1, -0.05) is 17.7 Å². The molecule has 0 N–H and O–H groups in total. The van der Waals surface area contributed by atoms with E-state index in [4.69, 9.17) is 4.74 Å². The zero-order valence-electron chi connectivity index (χ0n) is 11.9. The van der Waals surface area contributed by atoms with Gasteiger partial charge in [0, 0.05) is 6.20 Å². The van der Waals surface area contributed by atoms with Gasteiger partial charge in [-0.2, -0.15) is 0 Å². The van der Waals surface area contributed by atoms with Crippen LogP contribution in [0.3, 0.4) is 0 Å². The van der Waals surface area contributed by atoms with E-state index >= 15 is 0 Å². The number of benzene rings is 1. The lowest BCUT2D eigenvalue weighted by atomic mass is 10.1. The van der Waals surface area contributed by atoms with E-state index in [1.807, 2.05) is 26.1 Å². The summed E-state index contributed by atoms with van der Waals surface area (Å²) in [7, 11) is 0. The predicted molar refractivity (Wildman–Crippen MR) is 80.3 cm³/mol. The second-order valence-corrected chi connectivity index (χ2v) is 5.06. The molecule has 0 atom stereocenters. The summed E-state index contributed by atoms with van der Waals surface area (Å²) in [6.45, 7) is 6.24. The minimum Gasteiger partial charge on any atom is -0.462 e. The number of carbonyl (C=O) groups is 1. The van der Waals surface area contributed by atoms with Gasteiger partial charge in [-0.3, -0.25) is 0 Å². The number of fused-ring (bicyclic) bond motifs is 3. The van der Waals surface area contributed by atoms with Gasteiger partial charge in [-0.25, -0.2) is 4.79 Å². The topological polar surface area (TPSA) is 30.7 Å². The first-order valence-corrected chi connectivity index (χ1v) is 6.80. The Bertz CT molecular complexity index is 815. The van der Waals surface area contributed by atoms with E-state index in [9.17, 15) is 4.79 Å². The molecule has 0 saturated carbocycles. The van der Waals surface area contributed by atoms with Crippen LogP contribution < -0.4 is 0 Å². The molecule has 3 aromatic rings. The van der Waals surface area contributed by atoms with Crippen molar-refractivity contribution in [1.29, 1.82) is 0 Å². The van der Waals surface area contributed by atoms with Gasteiger partial charge >= 0.3 is 5.97 Å². The Labute approximate surface area is 117 Å². The highest BCUT2D eigenvalue weighted by Crippen LogP contribution is 2.25. The molecule has 1 aromatic carbocycles. The SMILES string of the molecule is CCOC(=O)c1c(C)cn2c1ccc1cc(C)ccc12. The van der Waals surface area contributed by atoms with Crippen LogP contribution in [0.5, 0.6) is 0 Å². The van der Waals surface area contributed by atoms with Crippen LogP contribution in [0.1, 0.15) is 28.4 Å². The highest BCUT2D eigenvalue weighted by Gasteiger charge is 2.17. The fourth-order valence-corrected chi connectivity index (χ4v) is 2.68. The molecule has 0 unspecified atom stereocenters. The molecule has 0 aliphatic carbocycles. The van der Waals surface area contributed by atoms with E-state index in [0.29, 0.717) is 12.2 Å². The van der Waals surface area contributed by atoms with Crippen LogP contribution >= 0.6 is 0 Å². The lowest BCUT2D eigenvalue weighted by Crippen LogP contribution is -2.05. The quantitative estimate of drug-likeness (QED) is 0.659. The summed E-state index contributed by atoms with van der Waals surface area (Å²) in [5.74, 6) is -0.251. The van der Waals surface area contributed by atoms with Gasteiger partial charge in [0.1, 0.15) is 0 Å². The van der Waals surface area contributed by atoms with Crippen LogP contribution in [-0.2, 0) is 4.74 Å². The van der Waals surface area contributed by atoms with Crippen molar-refractivity contribution in [3.63, 3.8) is 0 Å². The average molecular weight is 267 g/mol. The van der Waals surface area contributed by atoms with E-state index in [1.165, 1.54) is 10.9 Å². The second kappa shape index (κ2) is 4.67. The summed E-state index contributed by atoms with van der Waals surface area (Å²) in [5, 5.41) is 1.17. The predicted octanol–water partition coefficient (Wildman–Crippen LogP) is 3.89. The highest BCUT2D eigenvalue weighted by atomic mass is 16.5. The van der Waals surface area contributed by atoms with Crippen LogP contribution in [-0.4, -0.2) is 17.0 Å². The van der Waals surface area contributed by atoms with Crippen LogP contribution in [0.25, 0.3) is 16.4 Å². The van der Waals surface area contributed by atoms with Crippen LogP contribution in [0.15, 0.2) is 36.5 Å². The number of carbonyl (C=O) groups excluding carboxylic acids is 1. The minimum absolute atomic E-state index is 0.251. The smallest absolute Gasteiger partial charge is 0.340 e. The second-order valence-electron chi connectivity index (χ2n) is 5.06. The standard InChI is InChI=1S/C17H17NO2/c1-4-20-17(19)16-12(3)10-18-14-7-5-11(2)9-13(14)6-8-15(16)18/h5-10H,4H2,1-3H3. The van der Waals surface area contributed by atoms with Gasteiger partial charge in [-0.15, -0.1) is 0 Å². The molecule has 2 aromatic heterocycles. The number of nitrogens with zero attached hydrogens (tertiary/aromatic N) is 1. The van der Waals surface area contributed by atoms with E-state index in [1.54, 1.807) is 0 Å². The van der Waals surface area contributed by atoms with E-state index in [2.05, 4.69) is 35.6 Å². The van der Waals surface area contributed by atoms with Gasteiger partial charge in [-0.05, 0) is 49.9 Å². The Morgan fingerprint density at radius 1 is 1.15 bits per heavy atom. The lowest BCUT2D eigenvalue weighted by Gasteiger charge is -2.05. The first-order valence-electron chi connectivity index (χ1n) is 6.80. The van der Waals surface area contributed by atoms with Gasteiger partial charge in [0.05, 0.1) is 23.2 Å². The highest BCUT2D eigenvalue weighted by molar-refractivity contribution is 6.01. The summed E-state index contributed by atoms with van der Waals surface area (Å²) in [5.41, 5.74) is 4.83. The Kier molecular flexibility index (Phi) is 2.97. The molecular formula is C17H17NO2.